The molecule has 134 valence electrons. The minimum Gasteiger partial charge on any atom is -0.312 e. The van der Waals surface area contributed by atoms with Gasteiger partial charge in [-0.05, 0) is 29.5 Å². The van der Waals surface area contributed by atoms with E-state index in [2.05, 4.69) is 32.6 Å². The minimum atomic E-state index is -0.142. The molecule has 2 heterocycles. The molecule has 0 aliphatic heterocycles. The van der Waals surface area contributed by atoms with E-state index in [1.807, 2.05) is 36.4 Å². The van der Waals surface area contributed by atoms with Gasteiger partial charge in [-0.1, -0.05) is 71.2 Å². The Morgan fingerprint density at radius 1 is 0.926 bits per heavy atom. The van der Waals surface area contributed by atoms with Crippen LogP contribution in [0.25, 0.3) is 0 Å². The van der Waals surface area contributed by atoms with Gasteiger partial charge in [0, 0.05) is 12.0 Å². The third-order valence-electron chi connectivity index (χ3n) is 3.58. The number of hydrogen-bond donors (Lipinski definition) is 1. The Hall–Kier alpha value is -2.55. The zero-order valence-corrected chi connectivity index (χ0v) is 16.5. The molecule has 0 radical (unpaired) electrons. The highest BCUT2D eigenvalue weighted by Crippen LogP contribution is 2.35. The Labute approximate surface area is 168 Å². The third kappa shape index (κ3) is 4.79. The van der Waals surface area contributed by atoms with E-state index in [0.717, 1.165) is 20.1 Å². The molecule has 0 atom stereocenters. The summed E-state index contributed by atoms with van der Waals surface area (Å²) in [5.41, 5.74) is 1.83. The molecule has 2 aromatic heterocycles. The average molecular weight is 411 g/mol. The van der Waals surface area contributed by atoms with Gasteiger partial charge in [-0.2, -0.15) is 0 Å². The van der Waals surface area contributed by atoms with Crippen LogP contribution in [0.4, 0.5) is 5.00 Å². The summed E-state index contributed by atoms with van der Waals surface area (Å²) in [4.78, 5) is 16.6. The van der Waals surface area contributed by atoms with Crippen LogP contribution in [0.2, 0.25) is 0 Å². The highest BCUT2D eigenvalue weighted by Gasteiger charge is 2.12. The molecule has 4 aromatic rings. The Kier molecular flexibility index (Phi) is 5.57. The molecule has 0 aliphatic rings. The van der Waals surface area contributed by atoms with Gasteiger partial charge in [-0.3, -0.25) is 4.79 Å². The van der Waals surface area contributed by atoms with Gasteiger partial charge < -0.3 is 5.32 Å². The van der Waals surface area contributed by atoms with E-state index in [1.54, 1.807) is 29.7 Å². The average Bonchev–Trinajstić information content (AvgIpc) is 3.33. The van der Waals surface area contributed by atoms with Crippen LogP contribution in [0, 0.1) is 0 Å². The summed E-state index contributed by atoms with van der Waals surface area (Å²) in [5.74, 6) is -0.142. The maximum atomic E-state index is 12.2. The fraction of sp³-hybridized carbons (Fsp3) is 0.0526. The Morgan fingerprint density at radius 3 is 2.44 bits per heavy atom. The molecule has 5 nitrogen and oxygen atoms in total. The summed E-state index contributed by atoms with van der Waals surface area (Å²) in [5, 5.41) is 13.0. The second-order valence-corrected chi connectivity index (χ2v) is 9.12. The lowest BCUT2D eigenvalue weighted by Gasteiger charge is -2.00. The van der Waals surface area contributed by atoms with Gasteiger partial charge >= 0.3 is 0 Å². The number of nitrogens with one attached hydrogen (secondary N) is 1. The number of anilines is 1. The fourth-order valence-corrected chi connectivity index (χ4v) is 5.34. The van der Waals surface area contributed by atoms with Crippen molar-refractivity contribution in [3.63, 3.8) is 0 Å². The van der Waals surface area contributed by atoms with Crippen LogP contribution in [0.1, 0.15) is 20.9 Å². The van der Waals surface area contributed by atoms with Crippen molar-refractivity contribution in [2.45, 2.75) is 15.1 Å². The van der Waals surface area contributed by atoms with E-state index in [0.29, 0.717) is 10.6 Å². The molecular weight excluding hydrogens is 396 g/mol. The predicted octanol–water partition coefficient (Wildman–Crippen LogP) is 4.99. The lowest BCUT2D eigenvalue weighted by molar-refractivity contribution is 0.102. The van der Waals surface area contributed by atoms with Gasteiger partial charge in [-0.25, -0.2) is 4.98 Å². The van der Waals surface area contributed by atoms with Crippen LogP contribution >= 0.6 is 34.4 Å². The first kappa shape index (κ1) is 17.8. The number of carbonyl (C=O) groups excluding carboxylic acids is 1. The molecule has 8 heteroatoms. The van der Waals surface area contributed by atoms with Crippen molar-refractivity contribution in [1.82, 2.24) is 15.2 Å². The zero-order chi connectivity index (χ0) is 18.5. The Morgan fingerprint density at radius 2 is 1.67 bits per heavy atom. The molecule has 0 unspecified atom stereocenters. The van der Waals surface area contributed by atoms with E-state index in [1.165, 1.54) is 28.7 Å². The molecule has 1 N–H and O–H groups in total. The molecule has 0 aliphatic carbocycles. The van der Waals surface area contributed by atoms with E-state index in [4.69, 9.17) is 0 Å². The maximum absolute atomic E-state index is 12.2. The number of aromatic nitrogens is 3. The van der Waals surface area contributed by atoms with Gasteiger partial charge in [0.25, 0.3) is 5.91 Å². The van der Waals surface area contributed by atoms with Crippen molar-refractivity contribution in [2.24, 2.45) is 0 Å². The normalized spacial score (nSPS) is 10.7. The molecule has 0 bridgehead atoms. The summed E-state index contributed by atoms with van der Waals surface area (Å²) < 4.78 is 1.66. The highest BCUT2D eigenvalue weighted by atomic mass is 32.2. The van der Waals surface area contributed by atoms with Crippen molar-refractivity contribution in [2.75, 3.05) is 5.32 Å². The number of nitrogens with zero attached hydrogens (tertiary/aromatic N) is 3. The monoisotopic (exact) mass is 410 g/mol. The number of rotatable bonds is 6. The molecule has 2 aromatic carbocycles. The first-order chi connectivity index (χ1) is 13.3. The van der Waals surface area contributed by atoms with Gasteiger partial charge in [0.05, 0.1) is 6.20 Å². The topological polar surface area (TPSA) is 67.8 Å². The molecule has 1 amide bonds. The van der Waals surface area contributed by atoms with E-state index in [9.17, 15) is 4.79 Å². The zero-order valence-electron chi connectivity index (χ0n) is 14.0. The predicted molar refractivity (Wildman–Crippen MR) is 110 cm³/mol. The van der Waals surface area contributed by atoms with Gasteiger partial charge in [0.15, 0.2) is 8.68 Å². The summed E-state index contributed by atoms with van der Waals surface area (Å²) in [6.07, 6.45) is 2.44. The molecule has 0 fully saturated rings. The minimum absolute atomic E-state index is 0.142. The summed E-state index contributed by atoms with van der Waals surface area (Å²) in [6.45, 7) is 0. The first-order valence-electron chi connectivity index (χ1n) is 8.13. The number of carbonyl (C=O) groups is 1. The van der Waals surface area contributed by atoms with Crippen LogP contribution in [0.15, 0.2) is 75.5 Å². The van der Waals surface area contributed by atoms with Crippen molar-refractivity contribution >= 4 is 45.3 Å². The van der Waals surface area contributed by atoms with E-state index < -0.39 is 0 Å². The standard InChI is InChI=1S/C19H14N4OS3/c24-17(14-9-5-2-6-10-14)21-16-12-20-18(26-16)27-19-23-22-15(25-19)11-13-7-3-1-4-8-13/h1-10,12H,11H2,(H,21,24). The van der Waals surface area contributed by atoms with Gasteiger partial charge in [-0.15, -0.1) is 10.2 Å². The lowest BCUT2D eigenvalue weighted by atomic mass is 10.2. The second kappa shape index (κ2) is 8.43. The number of hydrogen-bond acceptors (Lipinski definition) is 7. The number of thiazole rings is 1. The third-order valence-corrected chi connectivity index (χ3v) is 6.54. The number of amides is 1. The van der Waals surface area contributed by atoms with Gasteiger partial charge in [0.2, 0.25) is 0 Å². The largest absolute Gasteiger partial charge is 0.312 e. The van der Waals surface area contributed by atoms with Crippen molar-refractivity contribution in [1.29, 1.82) is 0 Å². The van der Waals surface area contributed by atoms with Crippen molar-refractivity contribution in [3.8, 4) is 0 Å². The van der Waals surface area contributed by atoms with Crippen LogP contribution in [-0.4, -0.2) is 21.1 Å². The van der Waals surface area contributed by atoms with E-state index >= 15 is 0 Å². The summed E-state index contributed by atoms with van der Waals surface area (Å²) in [6, 6.07) is 19.3. The van der Waals surface area contributed by atoms with E-state index in [-0.39, 0.29) is 5.91 Å². The van der Waals surface area contributed by atoms with Crippen molar-refractivity contribution in [3.05, 3.63) is 83.0 Å². The molecule has 0 saturated heterocycles. The van der Waals surface area contributed by atoms with Crippen LogP contribution < -0.4 is 5.32 Å². The Balaban J connectivity index is 1.37. The second-order valence-electron chi connectivity index (χ2n) is 5.54. The molecular formula is C19H14N4OS3. The summed E-state index contributed by atoms with van der Waals surface area (Å²) >= 11 is 4.45. The molecule has 4 rings (SSSR count). The van der Waals surface area contributed by atoms with Gasteiger partial charge in [0.1, 0.15) is 10.0 Å². The SMILES string of the molecule is O=C(Nc1cnc(Sc2nnc(Cc3ccccc3)s2)s1)c1ccccc1. The lowest BCUT2D eigenvalue weighted by Crippen LogP contribution is -2.10. The Bertz CT molecular complexity index is 1030. The van der Waals surface area contributed by atoms with Crippen molar-refractivity contribution < 1.29 is 4.79 Å². The first-order valence-corrected chi connectivity index (χ1v) is 10.6. The van der Waals surface area contributed by atoms with Crippen LogP contribution in [0.5, 0.6) is 0 Å². The van der Waals surface area contributed by atoms with Crippen LogP contribution in [-0.2, 0) is 6.42 Å². The van der Waals surface area contributed by atoms with Crippen LogP contribution in [0.3, 0.4) is 0 Å². The molecule has 0 saturated carbocycles. The molecule has 27 heavy (non-hydrogen) atoms. The molecule has 0 spiro atoms. The maximum Gasteiger partial charge on any atom is 0.256 e. The number of benzene rings is 2. The fourth-order valence-electron chi connectivity index (χ4n) is 2.33. The highest BCUT2D eigenvalue weighted by molar-refractivity contribution is 8.02. The quantitative estimate of drug-likeness (QED) is 0.485. The smallest absolute Gasteiger partial charge is 0.256 e. The summed E-state index contributed by atoms with van der Waals surface area (Å²) in [7, 11) is 0.